The van der Waals surface area contributed by atoms with Crippen molar-refractivity contribution in [3.63, 3.8) is 0 Å². The number of aliphatic carboxylic acids is 1. The zero-order chi connectivity index (χ0) is 33.9. The van der Waals surface area contributed by atoms with Crippen LogP contribution in [0.5, 0.6) is 0 Å². The van der Waals surface area contributed by atoms with Crippen LogP contribution in [0.3, 0.4) is 0 Å². The molecule has 0 radical (unpaired) electrons. The van der Waals surface area contributed by atoms with E-state index < -0.39 is 71.9 Å². The highest BCUT2D eigenvalue weighted by Gasteiger charge is 2.40. The summed E-state index contributed by atoms with van der Waals surface area (Å²) in [7, 11) is 0. The Kier molecular flexibility index (Phi) is 16.4. The van der Waals surface area contributed by atoms with Gasteiger partial charge in [0.2, 0.25) is 23.6 Å². The Morgan fingerprint density at radius 2 is 1.02 bits per heavy atom. The lowest BCUT2D eigenvalue weighted by Crippen LogP contribution is -2.63. The average Bonchev–Trinajstić information content (AvgIpc) is 2.80. The first kappa shape index (κ1) is 40.3. The lowest BCUT2D eigenvalue weighted by Gasteiger charge is -2.36. The van der Waals surface area contributed by atoms with Gasteiger partial charge in [0.05, 0.1) is 37.1 Å². The molecule has 12 heteroatoms. The Bertz CT molecular complexity index is 950. The molecule has 12 nitrogen and oxygen atoms in total. The van der Waals surface area contributed by atoms with E-state index in [1.54, 1.807) is 6.92 Å². The topological polar surface area (TPSA) is 194 Å². The third-order valence-electron chi connectivity index (χ3n) is 7.43. The number of carbonyl (C=O) groups is 5. The predicted octanol–water partition coefficient (Wildman–Crippen LogP) is 2.11. The number of carbonyl (C=O) groups excluding carboxylic acids is 4. The third kappa shape index (κ3) is 14.5. The number of aliphatic hydroxyl groups excluding tert-OH is 2. The Hall–Kier alpha value is -2.73. The van der Waals surface area contributed by atoms with Gasteiger partial charge in [-0.3, -0.25) is 24.0 Å². The summed E-state index contributed by atoms with van der Waals surface area (Å²) in [6.07, 6.45) is -2.62. The summed E-state index contributed by atoms with van der Waals surface area (Å²) >= 11 is 0. The fourth-order valence-corrected chi connectivity index (χ4v) is 4.59. The summed E-state index contributed by atoms with van der Waals surface area (Å²) in [5.41, 5.74) is -2.70. The van der Waals surface area contributed by atoms with Crippen LogP contribution in [0.15, 0.2) is 0 Å². The smallest absolute Gasteiger partial charge is 0.306 e. The van der Waals surface area contributed by atoms with Gasteiger partial charge in [-0.05, 0) is 57.3 Å². The molecule has 0 aromatic heterocycles. The van der Waals surface area contributed by atoms with Gasteiger partial charge in [0.25, 0.3) is 0 Å². The molecule has 5 atom stereocenters. The summed E-state index contributed by atoms with van der Waals surface area (Å²) in [5, 5.41) is 41.4. The van der Waals surface area contributed by atoms with E-state index in [2.05, 4.69) is 21.3 Å². The van der Waals surface area contributed by atoms with Crippen LogP contribution >= 0.6 is 0 Å². The molecule has 0 aliphatic heterocycles. The van der Waals surface area contributed by atoms with Crippen molar-refractivity contribution >= 4 is 29.6 Å². The summed E-state index contributed by atoms with van der Waals surface area (Å²) in [6, 6.07) is -1.65. The molecule has 4 amide bonds. The second-order valence-corrected chi connectivity index (χ2v) is 14.0. The van der Waals surface area contributed by atoms with Gasteiger partial charge in [0.1, 0.15) is 11.1 Å². The predicted molar refractivity (Wildman–Crippen MR) is 165 cm³/mol. The largest absolute Gasteiger partial charge is 0.481 e. The molecule has 1 unspecified atom stereocenters. The van der Waals surface area contributed by atoms with Crippen molar-refractivity contribution in [3.8, 4) is 0 Å². The molecule has 0 aromatic rings. The minimum absolute atomic E-state index is 0.0516. The van der Waals surface area contributed by atoms with Crippen LogP contribution in [0.2, 0.25) is 0 Å². The minimum atomic E-state index is -1.46. The molecule has 7 N–H and O–H groups in total. The number of carboxylic acid groups (broad SMARTS) is 1. The molecule has 0 spiro atoms. The van der Waals surface area contributed by atoms with E-state index in [1.807, 2.05) is 55.4 Å². The van der Waals surface area contributed by atoms with E-state index in [0.717, 1.165) is 0 Å². The van der Waals surface area contributed by atoms with Crippen LogP contribution in [-0.4, -0.2) is 80.3 Å². The quantitative estimate of drug-likeness (QED) is 0.115. The number of rotatable bonds is 19. The Balaban J connectivity index is 5.65. The van der Waals surface area contributed by atoms with Crippen LogP contribution in [0.1, 0.15) is 108 Å². The molecule has 0 aliphatic carbocycles. The van der Waals surface area contributed by atoms with E-state index in [4.69, 9.17) is 5.11 Å². The van der Waals surface area contributed by atoms with Crippen LogP contribution in [0.25, 0.3) is 0 Å². The molecule has 0 saturated carbocycles. The van der Waals surface area contributed by atoms with Crippen molar-refractivity contribution in [1.82, 2.24) is 21.3 Å². The molecule has 0 fully saturated rings. The van der Waals surface area contributed by atoms with E-state index in [9.17, 15) is 34.2 Å². The second kappa shape index (κ2) is 17.5. The van der Waals surface area contributed by atoms with Crippen LogP contribution < -0.4 is 21.3 Å². The number of amides is 4. The monoisotopic (exact) mass is 614 g/mol. The lowest BCUT2D eigenvalue weighted by atomic mass is 9.85. The first-order valence-electron chi connectivity index (χ1n) is 15.3. The SMILES string of the molecule is CC(C)CC(=O)N[C@](C)(C(=O)NC(CC(C)C)[C@@H](O)CC(=O)NC(C)(C)C(=O)N[C@@H](CC(C)C)[C@@H](O)CC(=O)O)C(C)C. The van der Waals surface area contributed by atoms with E-state index >= 15 is 0 Å². The molecule has 0 saturated heterocycles. The van der Waals surface area contributed by atoms with Crippen LogP contribution in [-0.2, 0) is 24.0 Å². The third-order valence-corrected chi connectivity index (χ3v) is 7.43. The molecule has 0 rings (SSSR count). The fraction of sp³-hybridized carbons (Fsp3) is 0.839. The summed E-state index contributed by atoms with van der Waals surface area (Å²) in [5.74, 6) is -3.24. The minimum Gasteiger partial charge on any atom is -0.481 e. The van der Waals surface area contributed by atoms with Gasteiger partial charge in [0, 0.05) is 6.42 Å². The van der Waals surface area contributed by atoms with Crippen molar-refractivity contribution in [2.75, 3.05) is 0 Å². The standard InChI is InChI=1S/C31H58N4O8/c1-17(2)12-21(33-29(43)31(11,20(7)8)35-25(38)14-19(5)6)23(36)15-26(39)34-30(9,10)28(42)32-22(13-18(3)4)24(37)16-27(40)41/h17-24,36-37H,12-16H2,1-11H3,(H,32,42)(H,33,43)(H,34,39)(H,35,38)(H,40,41)/t21?,22-,23-,24-,31-/m0/s1. The van der Waals surface area contributed by atoms with E-state index in [1.165, 1.54) is 13.8 Å². The van der Waals surface area contributed by atoms with Gasteiger partial charge in [0.15, 0.2) is 0 Å². The molecule has 250 valence electrons. The molecule has 0 bridgehead atoms. The van der Waals surface area contributed by atoms with E-state index in [0.29, 0.717) is 12.8 Å². The zero-order valence-corrected chi connectivity index (χ0v) is 28.0. The van der Waals surface area contributed by atoms with Gasteiger partial charge in [-0.25, -0.2) is 0 Å². The van der Waals surface area contributed by atoms with Gasteiger partial charge in [-0.2, -0.15) is 0 Å². The van der Waals surface area contributed by atoms with Crippen LogP contribution in [0.4, 0.5) is 0 Å². The Morgan fingerprint density at radius 3 is 1.42 bits per heavy atom. The summed E-state index contributed by atoms with van der Waals surface area (Å²) in [6.45, 7) is 19.6. The molecule has 43 heavy (non-hydrogen) atoms. The van der Waals surface area contributed by atoms with Crippen molar-refractivity contribution in [2.45, 2.75) is 144 Å². The van der Waals surface area contributed by atoms with Gasteiger partial charge >= 0.3 is 5.97 Å². The second-order valence-electron chi connectivity index (χ2n) is 14.0. The molecule has 0 aliphatic rings. The Morgan fingerprint density at radius 1 is 0.605 bits per heavy atom. The molecular weight excluding hydrogens is 556 g/mol. The highest BCUT2D eigenvalue weighted by atomic mass is 16.4. The number of nitrogens with one attached hydrogen (secondary N) is 4. The van der Waals surface area contributed by atoms with E-state index in [-0.39, 0.29) is 36.0 Å². The Labute approximate surface area is 257 Å². The molecule has 0 aromatic carbocycles. The summed E-state index contributed by atoms with van der Waals surface area (Å²) in [4.78, 5) is 63.2. The van der Waals surface area contributed by atoms with Crippen molar-refractivity contribution < 1.29 is 39.3 Å². The maximum absolute atomic E-state index is 13.5. The number of hydrogen-bond donors (Lipinski definition) is 7. The first-order chi connectivity index (χ1) is 19.5. The van der Waals surface area contributed by atoms with Crippen molar-refractivity contribution in [2.24, 2.45) is 23.7 Å². The highest BCUT2D eigenvalue weighted by molar-refractivity contribution is 5.92. The van der Waals surface area contributed by atoms with Gasteiger partial charge in [-0.1, -0.05) is 55.4 Å². The number of hydrogen-bond acceptors (Lipinski definition) is 7. The first-order valence-corrected chi connectivity index (χ1v) is 15.3. The van der Waals surface area contributed by atoms with Crippen molar-refractivity contribution in [1.29, 1.82) is 0 Å². The maximum Gasteiger partial charge on any atom is 0.306 e. The van der Waals surface area contributed by atoms with Gasteiger partial charge < -0.3 is 36.6 Å². The normalized spacial score (nSPS) is 16.3. The zero-order valence-electron chi connectivity index (χ0n) is 28.0. The maximum atomic E-state index is 13.5. The number of aliphatic hydroxyl groups is 2. The van der Waals surface area contributed by atoms with Crippen molar-refractivity contribution in [3.05, 3.63) is 0 Å². The number of carboxylic acids is 1. The lowest BCUT2D eigenvalue weighted by molar-refractivity contribution is -0.140. The summed E-state index contributed by atoms with van der Waals surface area (Å²) < 4.78 is 0. The van der Waals surface area contributed by atoms with Gasteiger partial charge in [-0.15, -0.1) is 0 Å². The molecular formula is C31H58N4O8. The fourth-order valence-electron chi connectivity index (χ4n) is 4.59. The molecule has 0 heterocycles. The average molecular weight is 615 g/mol. The highest BCUT2D eigenvalue weighted by Crippen LogP contribution is 2.21. The van der Waals surface area contributed by atoms with Crippen LogP contribution in [0, 0.1) is 23.7 Å².